The van der Waals surface area contributed by atoms with Crippen molar-refractivity contribution in [3.05, 3.63) is 0 Å². The molecular formula is C26H53NO3. The van der Waals surface area contributed by atoms with Crippen molar-refractivity contribution in [2.75, 3.05) is 13.1 Å². The molecule has 3 fully saturated rings. The van der Waals surface area contributed by atoms with E-state index in [4.69, 9.17) is 14.2 Å². The Bertz CT molecular complexity index is 429. The molecule has 3 aliphatic rings. The summed E-state index contributed by atoms with van der Waals surface area (Å²) >= 11 is 0. The molecule has 2 aliphatic carbocycles. The van der Waals surface area contributed by atoms with Crippen LogP contribution in [0.15, 0.2) is 0 Å². The largest absolute Gasteiger partial charge is 0.373 e. The van der Waals surface area contributed by atoms with Gasteiger partial charge in [0.1, 0.15) is 0 Å². The fourth-order valence-electron chi connectivity index (χ4n) is 3.90. The molecule has 1 saturated heterocycles. The molecule has 3 rings (SSSR count). The van der Waals surface area contributed by atoms with Gasteiger partial charge in [-0.05, 0) is 107 Å². The molecule has 0 amide bonds. The molecular weight excluding hydrogens is 374 g/mol. The first-order chi connectivity index (χ1) is 13.7. The summed E-state index contributed by atoms with van der Waals surface area (Å²) in [7, 11) is 0. The van der Waals surface area contributed by atoms with Crippen LogP contribution in [-0.4, -0.2) is 48.2 Å². The lowest BCUT2D eigenvalue weighted by Crippen LogP contribution is -2.31. The summed E-state index contributed by atoms with van der Waals surface area (Å²) in [5, 5.41) is 3.27. The Morgan fingerprint density at radius 1 is 0.500 bits per heavy atom. The zero-order chi connectivity index (χ0) is 22.8. The number of nitrogens with one attached hydrogen (secondary N) is 1. The molecule has 1 unspecified atom stereocenters. The molecule has 1 aliphatic heterocycles. The molecule has 2 saturated carbocycles. The topological polar surface area (TPSA) is 39.7 Å². The van der Waals surface area contributed by atoms with E-state index in [2.05, 4.69) is 67.6 Å². The third kappa shape index (κ3) is 15.6. The SMILES string of the molecule is CC(C)(C)OC1CCC1.CC(C)(C)OC1CCCCC1.CC(C)(C)OC1CCNC1. The number of hydrogen-bond donors (Lipinski definition) is 1. The Hall–Kier alpha value is -0.160. The van der Waals surface area contributed by atoms with E-state index in [1.54, 1.807) is 0 Å². The zero-order valence-corrected chi connectivity index (χ0v) is 21.7. The summed E-state index contributed by atoms with van der Waals surface area (Å²) in [5.41, 5.74) is 0.157. The fraction of sp³-hybridized carbons (Fsp3) is 1.00. The zero-order valence-electron chi connectivity index (χ0n) is 21.7. The van der Waals surface area contributed by atoms with Crippen LogP contribution in [0.5, 0.6) is 0 Å². The normalized spacial score (nSPS) is 23.7. The van der Waals surface area contributed by atoms with Crippen molar-refractivity contribution in [1.82, 2.24) is 5.32 Å². The van der Waals surface area contributed by atoms with E-state index < -0.39 is 0 Å². The quantitative estimate of drug-likeness (QED) is 0.547. The number of hydrogen-bond acceptors (Lipinski definition) is 4. The molecule has 0 radical (unpaired) electrons. The molecule has 30 heavy (non-hydrogen) atoms. The first kappa shape index (κ1) is 27.9. The molecule has 0 spiro atoms. The summed E-state index contributed by atoms with van der Waals surface area (Å²) < 4.78 is 17.3. The van der Waals surface area contributed by atoms with Gasteiger partial charge in [0.2, 0.25) is 0 Å². The minimum absolute atomic E-state index is 0.0245. The second kappa shape index (κ2) is 12.8. The predicted octanol–water partition coefficient (Wildman–Crippen LogP) is 6.65. The van der Waals surface area contributed by atoms with Crippen molar-refractivity contribution in [1.29, 1.82) is 0 Å². The lowest BCUT2D eigenvalue weighted by molar-refractivity contribution is -0.0916. The standard InChI is InChI=1S/C10H20O.C8H17NO.C8H16O/c1-10(2,3)11-9-7-5-4-6-8-9;1-8(2,3)10-7-4-5-9-6-7;1-8(2,3)9-7-5-4-6-7/h9H,4-8H2,1-3H3;7,9H,4-6H2,1-3H3;7H,4-6H2,1-3H3. The van der Waals surface area contributed by atoms with Crippen molar-refractivity contribution in [3.8, 4) is 0 Å². The Balaban J connectivity index is 0.000000226. The highest BCUT2D eigenvalue weighted by atomic mass is 16.5. The van der Waals surface area contributed by atoms with E-state index in [-0.39, 0.29) is 16.8 Å². The Morgan fingerprint density at radius 2 is 0.900 bits per heavy atom. The number of ether oxygens (including phenoxy) is 3. The lowest BCUT2D eigenvalue weighted by atomic mass is 9.95. The van der Waals surface area contributed by atoms with Crippen LogP contribution < -0.4 is 5.32 Å². The molecule has 4 nitrogen and oxygen atoms in total. The highest BCUT2D eigenvalue weighted by Crippen LogP contribution is 2.26. The minimum atomic E-state index is 0.0245. The molecule has 0 aromatic carbocycles. The van der Waals surface area contributed by atoms with Gasteiger partial charge in [-0.25, -0.2) is 0 Å². The van der Waals surface area contributed by atoms with Crippen LogP contribution in [-0.2, 0) is 14.2 Å². The van der Waals surface area contributed by atoms with Crippen LogP contribution in [0.4, 0.5) is 0 Å². The highest BCUT2D eigenvalue weighted by molar-refractivity contribution is 4.75. The monoisotopic (exact) mass is 427 g/mol. The van der Waals surface area contributed by atoms with Crippen molar-refractivity contribution < 1.29 is 14.2 Å². The average molecular weight is 428 g/mol. The maximum absolute atomic E-state index is 5.88. The van der Waals surface area contributed by atoms with E-state index in [1.807, 2.05) is 0 Å². The molecule has 0 aromatic heterocycles. The number of rotatable bonds is 3. The van der Waals surface area contributed by atoms with Crippen molar-refractivity contribution in [2.45, 2.75) is 155 Å². The van der Waals surface area contributed by atoms with Gasteiger partial charge in [-0.15, -0.1) is 0 Å². The third-order valence-corrected chi connectivity index (χ3v) is 5.18. The third-order valence-electron chi connectivity index (χ3n) is 5.18. The molecule has 180 valence electrons. The Labute approximate surface area is 188 Å². The maximum Gasteiger partial charge on any atom is 0.0718 e. The van der Waals surface area contributed by atoms with Gasteiger partial charge in [0.05, 0.1) is 35.1 Å². The lowest BCUT2D eigenvalue weighted by Gasteiger charge is -2.32. The molecule has 0 aromatic rings. The molecule has 1 atom stereocenters. The van der Waals surface area contributed by atoms with E-state index in [0.29, 0.717) is 18.3 Å². The van der Waals surface area contributed by atoms with E-state index >= 15 is 0 Å². The van der Waals surface area contributed by atoms with Gasteiger partial charge in [0, 0.05) is 6.54 Å². The van der Waals surface area contributed by atoms with Crippen molar-refractivity contribution in [2.24, 2.45) is 0 Å². The second-order valence-electron chi connectivity index (χ2n) is 12.1. The second-order valence-corrected chi connectivity index (χ2v) is 12.1. The minimum Gasteiger partial charge on any atom is -0.373 e. The van der Waals surface area contributed by atoms with Gasteiger partial charge in [0.15, 0.2) is 0 Å². The van der Waals surface area contributed by atoms with Crippen LogP contribution in [0.2, 0.25) is 0 Å². The summed E-state index contributed by atoms with van der Waals surface area (Å²) in [6, 6.07) is 0. The van der Waals surface area contributed by atoms with Crippen LogP contribution in [0.1, 0.15) is 120 Å². The molecule has 1 N–H and O–H groups in total. The van der Waals surface area contributed by atoms with Crippen molar-refractivity contribution in [3.63, 3.8) is 0 Å². The van der Waals surface area contributed by atoms with Gasteiger partial charge >= 0.3 is 0 Å². The van der Waals surface area contributed by atoms with E-state index in [9.17, 15) is 0 Å². The Kier molecular flexibility index (Phi) is 11.9. The summed E-state index contributed by atoms with van der Waals surface area (Å²) in [4.78, 5) is 0. The van der Waals surface area contributed by atoms with Gasteiger partial charge in [0.25, 0.3) is 0 Å². The van der Waals surface area contributed by atoms with Crippen LogP contribution >= 0.6 is 0 Å². The smallest absolute Gasteiger partial charge is 0.0718 e. The van der Waals surface area contributed by atoms with Crippen molar-refractivity contribution >= 4 is 0 Å². The molecule has 4 heteroatoms. The van der Waals surface area contributed by atoms with Gasteiger partial charge in [-0.1, -0.05) is 19.3 Å². The van der Waals surface area contributed by atoms with E-state index in [0.717, 1.165) is 19.5 Å². The van der Waals surface area contributed by atoms with Crippen LogP contribution in [0, 0.1) is 0 Å². The summed E-state index contributed by atoms with van der Waals surface area (Å²) in [5.74, 6) is 0. The van der Waals surface area contributed by atoms with Crippen LogP contribution in [0.3, 0.4) is 0 Å². The first-order valence-corrected chi connectivity index (χ1v) is 12.5. The Morgan fingerprint density at radius 3 is 1.20 bits per heavy atom. The molecule has 0 bridgehead atoms. The van der Waals surface area contributed by atoms with E-state index in [1.165, 1.54) is 51.4 Å². The summed E-state index contributed by atoms with van der Waals surface area (Å²) in [6.07, 6.45) is 13.3. The maximum atomic E-state index is 5.88. The average Bonchev–Trinajstić information content (AvgIpc) is 3.02. The fourth-order valence-corrected chi connectivity index (χ4v) is 3.90. The predicted molar refractivity (Wildman–Crippen MR) is 128 cm³/mol. The summed E-state index contributed by atoms with van der Waals surface area (Å²) in [6.45, 7) is 21.2. The first-order valence-electron chi connectivity index (χ1n) is 12.5. The highest BCUT2D eigenvalue weighted by Gasteiger charge is 2.24. The molecule has 1 heterocycles. The van der Waals surface area contributed by atoms with Crippen LogP contribution in [0.25, 0.3) is 0 Å². The van der Waals surface area contributed by atoms with Gasteiger partial charge in [-0.3, -0.25) is 0 Å². The van der Waals surface area contributed by atoms with Gasteiger partial charge in [-0.2, -0.15) is 0 Å². The van der Waals surface area contributed by atoms with Gasteiger partial charge < -0.3 is 19.5 Å².